The molecule has 0 amide bonds. The summed E-state index contributed by atoms with van der Waals surface area (Å²) in [6.45, 7) is 8.80. The number of Topliss-reactive ketones (excluding diaryl/α,β-unsaturated/α-hetero) is 1. The summed E-state index contributed by atoms with van der Waals surface area (Å²) in [5.74, 6) is 0.404. The zero-order valence-electron chi connectivity index (χ0n) is 11.0. The molecule has 1 unspecified atom stereocenters. The summed E-state index contributed by atoms with van der Waals surface area (Å²) in [7, 11) is 2.21. The largest absolute Gasteiger partial charge is 0.301 e. The maximum Gasteiger partial charge on any atom is 0.132 e. The van der Waals surface area contributed by atoms with Gasteiger partial charge in [0, 0.05) is 38.5 Å². The van der Waals surface area contributed by atoms with Crippen LogP contribution in [0.5, 0.6) is 0 Å². The third-order valence-electron chi connectivity index (χ3n) is 3.66. The Hall–Kier alpha value is -0.410. The molecule has 0 bridgehead atoms. The number of nitrogens with zero attached hydrogens (tertiary/aromatic N) is 2. The first-order valence-corrected chi connectivity index (χ1v) is 6.61. The molecule has 1 saturated heterocycles. The average molecular weight is 226 g/mol. The molecule has 1 atom stereocenters. The average Bonchev–Trinajstić information content (AvgIpc) is 2.31. The number of carbonyl (C=O) groups is 1. The maximum absolute atomic E-state index is 11.2. The monoisotopic (exact) mass is 226 g/mol. The van der Waals surface area contributed by atoms with Gasteiger partial charge in [0.15, 0.2) is 0 Å². The number of hydrogen-bond donors (Lipinski definition) is 0. The minimum absolute atomic E-state index is 0.404. The first-order valence-electron chi connectivity index (χ1n) is 6.61. The number of likely N-dealkylation sites (N-methyl/N-ethyl adjacent to an activating group) is 1. The van der Waals surface area contributed by atoms with E-state index in [4.69, 9.17) is 0 Å². The molecule has 0 N–H and O–H groups in total. The second kappa shape index (κ2) is 7.02. The normalized spacial score (nSPS) is 23.6. The number of rotatable bonds is 6. The van der Waals surface area contributed by atoms with E-state index in [-0.39, 0.29) is 0 Å². The molecule has 94 valence electrons. The maximum atomic E-state index is 11.2. The standard InChI is InChI=1S/C13H26N2O/c1-4-12-11-15(10-9-14(12)3)8-6-7-13(16)5-2/h12H,4-11H2,1-3H3. The van der Waals surface area contributed by atoms with Crippen LogP contribution in [-0.4, -0.2) is 54.9 Å². The van der Waals surface area contributed by atoms with E-state index in [1.165, 1.54) is 19.5 Å². The van der Waals surface area contributed by atoms with Gasteiger partial charge in [0.2, 0.25) is 0 Å². The number of piperazine rings is 1. The molecule has 3 heteroatoms. The molecule has 0 aromatic rings. The third kappa shape index (κ3) is 4.22. The van der Waals surface area contributed by atoms with Crippen molar-refractivity contribution in [1.29, 1.82) is 0 Å². The summed E-state index contributed by atoms with van der Waals surface area (Å²) in [6, 6.07) is 0.704. The lowest BCUT2D eigenvalue weighted by molar-refractivity contribution is -0.118. The SMILES string of the molecule is CCC(=O)CCCN1CCN(C)C(CC)C1. The van der Waals surface area contributed by atoms with Gasteiger partial charge in [-0.1, -0.05) is 13.8 Å². The van der Waals surface area contributed by atoms with Crippen molar-refractivity contribution in [2.24, 2.45) is 0 Å². The second-order valence-electron chi connectivity index (χ2n) is 4.84. The molecule has 1 rings (SSSR count). The van der Waals surface area contributed by atoms with Crippen LogP contribution in [0.3, 0.4) is 0 Å². The highest BCUT2D eigenvalue weighted by atomic mass is 16.1. The highest BCUT2D eigenvalue weighted by molar-refractivity contribution is 5.77. The molecule has 16 heavy (non-hydrogen) atoms. The quantitative estimate of drug-likeness (QED) is 0.689. The lowest BCUT2D eigenvalue weighted by atomic mass is 10.1. The smallest absolute Gasteiger partial charge is 0.132 e. The van der Waals surface area contributed by atoms with Gasteiger partial charge in [-0.05, 0) is 26.4 Å². The van der Waals surface area contributed by atoms with Gasteiger partial charge in [-0.25, -0.2) is 0 Å². The zero-order chi connectivity index (χ0) is 12.0. The molecular formula is C13H26N2O. The lowest BCUT2D eigenvalue weighted by Crippen LogP contribution is -2.51. The third-order valence-corrected chi connectivity index (χ3v) is 3.66. The van der Waals surface area contributed by atoms with E-state index >= 15 is 0 Å². The van der Waals surface area contributed by atoms with Crippen molar-refractivity contribution in [1.82, 2.24) is 9.80 Å². The minimum Gasteiger partial charge on any atom is -0.301 e. The van der Waals surface area contributed by atoms with Gasteiger partial charge >= 0.3 is 0 Å². The van der Waals surface area contributed by atoms with Crippen LogP contribution in [0, 0.1) is 0 Å². The summed E-state index contributed by atoms with van der Waals surface area (Å²) < 4.78 is 0. The van der Waals surface area contributed by atoms with Crippen molar-refractivity contribution in [3.05, 3.63) is 0 Å². The van der Waals surface area contributed by atoms with E-state index in [9.17, 15) is 4.79 Å². The molecule has 0 spiro atoms. The fourth-order valence-corrected chi connectivity index (χ4v) is 2.33. The Bertz CT molecular complexity index is 218. The Kier molecular flexibility index (Phi) is 5.99. The van der Waals surface area contributed by atoms with Crippen LogP contribution in [0.4, 0.5) is 0 Å². The first kappa shape index (κ1) is 13.7. The zero-order valence-corrected chi connectivity index (χ0v) is 11.0. The molecule has 0 aromatic carbocycles. The number of hydrogen-bond acceptors (Lipinski definition) is 3. The van der Waals surface area contributed by atoms with Crippen molar-refractivity contribution in [3.8, 4) is 0 Å². The fraction of sp³-hybridized carbons (Fsp3) is 0.923. The van der Waals surface area contributed by atoms with E-state index in [1.807, 2.05) is 6.92 Å². The second-order valence-corrected chi connectivity index (χ2v) is 4.84. The number of ketones is 1. The van der Waals surface area contributed by atoms with E-state index in [2.05, 4.69) is 23.8 Å². The Morgan fingerprint density at radius 1 is 1.31 bits per heavy atom. The molecule has 1 aliphatic heterocycles. The molecular weight excluding hydrogens is 200 g/mol. The van der Waals surface area contributed by atoms with Crippen LogP contribution in [0.25, 0.3) is 0 Å². The van der Waals surface area contributed by atoms with Crippen molar-refractivity contribution >= 4 is 5.78 Å². The van der Waals surface area contributed by atoms with Gasteiger partial charge in [-0.2, -0.15) is 0 Å². The topological polar surface area (TPSA) is 23.6 Å². The summed E-state index contributed by atoms with van der Waals surface area (Å²) in [5.41, 5.74) is 0. The van der Waals surface area contributed by atoms with Crippen LogP contribution in [0.15, 0.2) is 0 Å². The Morgan fingerprint density at radius 2 is 2.06 bits per heavy atom. The van der Waals surface area contributed by atoms with Crippen molar-refractivity contribution < 1.29 is 4.79 Å². The van der Waals surface area contributed by atoms with Gasteiger partial charge in [0.1, 0.15) is 5.78 Å². The van der Waals surface area contributed by atoms with Crippen molar-refractivity contribution in [2.45, 2.75) is 45.6 Å². The molecule has 0 aromatic heterocycles. The molecule has 3 nitrogen and oxygen atoms in total. The van der Waals surface area contributed by atoms with E-state index < -0.39 is 0 Å². The van der Waals surface area contributed by atoms with Crippen LogP contribution in [0.1, 0.15) is 39.5 Å². The summed E-state index contributed by atoms with van der Waals surface area (Å²) in [4.78, 5) is 16.2. The van der Waals surface area contributed by atoms with Crippen molar-refractivity contribution in [3.63, 3.8) is 0 Å². The van der Waals surface area contributed by atoms with Crippen molar-refractivity contribution in [2.75, 3.05) is 33.2 Å². The number of carbonyl (C=O) groups excluding carboxylic acids is 1. The Balaban J connectivity index is 2.20. The molecule has 0 saturated carbocycles. The highest BCUT2D eigenvalue weighted by Gasteiger charge is 2.22. The summed E-state index contributed by atoms with van der Waals surface area (Å²) in [6.07, 6.45) is 3.72. The Morgan fingerprint density at radius 3 is 2.69 bits per heavy atom. The Labute approximate surface area is 99.8 Å². The summed E-state index contributed by atoms with van der Waals surface area (Å²) >= 11 is 0. The van der Waals surface area contributed by atoms with E-state index in [0.717, 1.165) is 25.9 Å². The van der Waals surface area contributed by atoms with Gasteiger partial charge in [-0.3, -0.25) is 4.79 Å². The predicted octanol–water partition coefficient (Wildman–Crippen LogP) is 1.77. The van der Waals surface area contributed by atoms with Crippen LogP contribution in [0.2, 0.25) is 0 Å². The summed E-state index contributed by atoms with van der Waals surface area (Å²) in [5, 5.41) is 0. The molecule has 0 radical (unpaired) electrons. The predicted molar refractivity (Wildman–Crippen MR) is 67.7 cm³/mol. The van der Waals surface area contributed by atoms with Gasteiger partial charge in [0.05, 0.1) is 0 Å². The van der Waals surface area contributed by atoms with Gasteiger partial charge < -0.3 is 9.80 Å². The molecule has 0 aliphatic carbocycles. The van der Waals surface area contributed by atoms with Gasteiger partial charge in [-0.15, -0.1) is 0 Å². The first-order chi connectivity index (χ1) is 7.67. The highest BCUT2D eigenvalue weighted by Crippen LogP contribution is 2.11. The van der Waals surface area contributed by atoms with E-state index in [0.29, 0.717) is 18.2 Å². The molecule has 1 heterocycles. The molecule has 1 aliphatic rings. The van der Waals surface area contributed by atoms with Gasteiger partial charge in [0.25, 0.3) is 0 Å². The van der Waals surface area contributed by atoms with Crippen LogP contribution in [-0.2, 0) is 4.79 Å². The van der Waals surface area contributed by atoms with Crippen LogP contribution < -0.4 is 0 Å². The van der Waals surface area contributed by atoms with Crippen LogP contribution >= 0.6 is 0 Å². The molecule has 1 fully saturated rings. The van der Waals surface area contributed by atoms with E-state index in [1.54, 1.807) is 0 Å². The minimum atomic E-state index is 0.404. The fourth-order valence-electron chi connectivity index (χ4n) is 2.33. The lowest BCUT2D eigenvalue weighted by Gasteiger charge is -2.39.